The molecular formula is C30H40N6O7. The SMILES string of the molecule is CCn1c(=O)ccn(CC(=O)NC(C(=O)N2CCCC2C(=O)NC(C(C)C)C(O)c2nc3ccccc3o2)C(C)C)c1=O. The minimum absolute atomic E-state index is 0.0931. The number of rotatable bonds is 11. The highest BCUT2D eigenvalue weighted by molar-refractivity contribution is 5.92. The third kappa shape index (κ3) is 6.87. The van der Waals surface area contributed by atoms with Crippen molar-refractivity contribution in [2.45, 2.75) is 84.8 Å². The maximum atomic E-state index is 13.7. The van der Waals surface area contributed by atoms with Crippen molar-refractivity contribution in [2.24, 2.45) is 11.8 Å². The zero-order valence-electron chi connectivity index (χ0n) is 25.1. The Morgan fingerprint density at radius 3 is 2.44 bits per heavy atom. The summed E-state index contributed by atoms with van der Waals surface area (Å²) >= 11 is 0. The normalized spacial score (nSPS) is 17.3. The number of aliphatic hydroxyl groups is 1. The zero-order valence-corrected chi connectivity index (χ0v) is 25.1. The highest BCUT2D eigenvalue weighted by atomic mass is 16.4. The summed E-state index contributed by atoms with van der Waals surface area (Å²) < 4.78 is 7.86. The lowest BCUT2D eigenvalue weighted by Gasteiger charge is -2.32. The average Bonchev–Trinajstić information content (AvgIpc) is 3.63. The summed E-state index contributed by atoms with van der Waals surface area (Å²) in [5.74, 6) is -1.80. The molecule has 3 N–H and O–H groups in total. The van der Waals surface area contributed by atoms with Crippen LogP contribution in [0.4, 0.5) is 0 Å². The number of hydrogen-bond acceptors (Lipinski definition) is 8. The van der Waals surface area contributed by atoms with Gasteiger partial charge in [-0.2, -0.15) is 0 Å². The topological polar surface area (TPSA) is 169 Å². The fourth-order valence-electron chi connectivity index (χ4n) is 5.38. The van der Waals surface area contributed by atoms with Gasteiger partial charge in [-0.25, -0.2) is 9.78 Å². The van der Waals surface area contributed by atoms with E-state index in [4.69, 9.17) is 4.42 Å². The van der Waals surface area contributed by atoms with Crippen LogP contribution in [-0.2, 0) is 27.5 Å². The molecule has 232 valence electrons. The second-order valence-corrected chi connectivity index (χ2v) is 11.5. The molecule has 0 spiro atoms. The van der Waals surface area contributed by atoms with Crippen LogP contribution in [0.5, 0.6) is 0 Å². The van der Waals surface area contributed by atoms with E-state index in [-0.39, 0.29) is 30.8 Å². The maximum absolute atomic E-state index is 13.7. The summed E-state index contributed by atoms with van der Waals surface area (Å²) in [5.41, 5.74) is 0.0422. The van der Waals surface area contributed by atoms with Crippen molar-refractivity contribution < 1.29 is 23.9 Å². The molecule has 0 bridgehead atoms. The number of amides is 3. The molecule has 4 rings (SSSR count). The molecule has 3 aromatic rings. The van der Waals surface area contributed by atoms with Crippen LogP contribution in [-0.4, -0.2) is 66.5 Å². The third-order valence-corrected chi connectivity index (χ3v) is 7.79. The predicted molar refractivity (Wildman–Crippen MR) is 158 cm³/mol. The van der Waals surface area contributed by atoms with Gasteiger partial charge in [0.15, 0.2) is 11.7 Å². The van der Waals surface area contributed by atoms with Crippen LogP contribution in [0, 0.1) is 11.8 Å². The van der Waals surface area contributed by atoms with Crippen LogP contribution >= 0.6 is 0 Å². The standard InChI is InChI=1S/C30H40N6O7/c1-6-35-23(38)13-15-34(30(35)42)16-22(37)32-25(18(4)5)29(41)36-14-9-11-20(36)27(40)33-24(17(2)3)26(39)28-31-19-10-7-8-12-21(19)43-28/h7-8,10,12-13,15,17-18,20,24-26,39H,6,9,11,14,16H2,1-5H3,(H,32,37)(H,33,40). The molecule has 4 unspecified atom stereocenters. The number of fused-ring (bicyclic) bond motifs is 1. The second kappa shape index (κ2) is 13.4. The van der Waals surface area contributed by atoms with Crippen molar-refractivity contribution in [3.8, 4) is 0 Å². The molecule has 0 aliphatic carbocycles. The predicted octanol–water partition coefficient (Wildman–Crippen LogP) is 1.18. The van der Waals surface area contributed by atoms with Crippen molar-refractivity contribution in [2.75, 3.05) is 6.54 Å². The Morgan fingerprint density at radius 2 is 1.79 bits per heavy atom. The fraction of sp³-hybridized carbons (Fsp3) is 0.533. The van der Waals surface area contributed by atoms with Gasteiger partial charge in [0.2, 0.25) is 23.6 Å². The molecule has 0 saturated carbocycles. The number of carbonyl (C=O) groups is 3. The first-order valence-corrected chi connectivity index (χ1v) is 14.7. The Bertz CT molecular complexity index is 1560. The lowest BCUT2D eigenvalue weighted by Crippen LogP contribution is -2.57. The molecule has 13 nitrogen and oxygen atoms in total. The van der Waals surface area contributed by atoms with Crippen molar-refractivity contribution >= 4 is 28.8 Å². The molecule has 13 heteroatoms. The van der Waals surface area contributed by atoms with Crippen LogP contribution in [0.15, 0.2) is 50.5 Å². The van der Waals surface area contributed by atoms with E-state index in [1.54, 1.807) is 39.0 Å². The summed E-state index contributed by atoms with van der Waals surface area (Å²) in [4.78, 5) is 70.5. The van der Waals surface area contributed by atoms with Gasteiger partial charge >= 0.3 is 5.69 Å². The number of nitrogens with one attached hydrogen (secondary N) is 2. The van der Waals surface area contributed by atoms with Gasteiger partial charge in [-0.3, -0.25) is 28.3 Å². The Morgan fingerprint density at radius 1 is 1.07 bits per heavy atom. The summed E-state index contributed by atoms with van der Waals surface area (Å²) in [5, 5.41) is 16.8. The number of nitrogens with zero attached hydrogens (tertiary/aromatic N) is 4. The lowest BCUT2D eigenvalue weighted by atomic mass is 9.97. The molecule has 2 aromatic heterocycles. The number of para-hydroxylation sites is 2. The molecule has 1 aromatic carbocycles. The van der Waals surface area contributed by atoms with Crippen molar-refractivity contribution in [1.82, 2.24) is 29.7 Å². The molecule has 4 atom stereocenters. The van der Waals surface area contributed by atoms with Gasteiger partial charge < -0.3 is 25.1 Å². The first-order chi connectivity index (χ1) is 20.4. The number of aromatic nitrogens is 3. The highest BCUT2D eigenvalue weighted by Gasteiger charge is 2.40. The monoisotopic (exact) mass is 596 g/mol. The van der Waals surface area contributed by atoms with Gasteiger partial charge in [-0.1, -0.05) is 39.8 Å². The molecule has 1 fully saturated rings. The largest absolute Gasteiger partial charge is 0.438 e. The van der Waals surface area contributed by atoms with E-state index in [1.807, 2.05) is 19.9 Å². The summed E-state index contributed by atoms with van der Waals surface area (Å²) in [7, 11) is 0. The third-order valence-electron chi connectivity index (χ3n) is 7.79. The van der Waals surface area contributed by atoms with E-state index in [1.165, 1.54) is 17.2 Å². The van der Waals surface area contributed by atoms with E-state index in [9.17, 15) is 29.1 Å². The number of carbonyl (C=O) groups excluding carboxylic acids is 3. The van der Waals surface area contributed by atoms with Crippen molar-refractivity contribution in [3.63, 3.8) is 0 Å². The first-order valence-electron chi connectivity index (χ1n) is 14.7. The van der Waals surface area contributed by atoms with Crippen molar-refractivity contribution in [1.29, 1.82) is 0 Å². The molecule has 1 aliphatic heterocycles. The lowest BCUT2D eigenvalue weighted by molar-refractivity contribution is -0.143. The molecule has 0 radical (unpaired) electrons. The number of benzene rings is 1. The Balaban J connectivity index is 1.46. The number of hydrogen-bond donors (Lipinski definition) is 3. The quantitative estimate of drug-likeness (QED) is 0.296. The summed E-state index contributed by atoms with van der Waals surface area (Å²) in [6.45, 7) is 9.05. The summed E-state index contributed by atoms with van der Waals surface area (Å²) in [6.07, 6.45) is 1.06. The minimum atomic E-state index is -1.21. The molecule has 3 heterocycles. The molecule has 1 saturated heterocycles. The Labute approximate surface area is 248 Å². The van der Waals surface area contributed by atoms with Gasteiger partial charge in [0.05, 0.1) is 6.04 Å². The van der Waals surface area contributed by atoms with E-state index in [0.29, 0.717) is 30.5 Å². The Hall–Kier alpha value is -4.26. The van der Waals surface area contributed by atoms with Gasteiger partial charge in [-0.05, 0) is 43.7 Å². The zero-order chi connectivity index (χ0) is 31.4. The maximum Gasteiger partial charge on any atom is 0.331 e. The smallest absolute Gasteiger partial charge is 0.331 e. The van der Waals surface area contributed by atoms with Gasteiger partial charge in [0, 0.05) is 25.4 Å². The molecule has 1 aliphatic rings. The van der Waals surface area contributed by atoms with E-state index < -0.39 is 53.2 Å². The van der Waals surface area contributed by atoms with Crippen LogP contribution in [0.2, 0.25) is 0 Å². The van der Waals surface area contributed by atoms with Gasteiger partial charge in [-0.15, -0.1) is 0 Å². The minimum Gasteiger partial charge on any atom is -0.438 e. The van der Waals surface area contributed by atoms with Crippen LogP contribution in [0.1, 0.15) is 59.5 Å². The molecule has 3 amide bonds. The van der Waals surface area contributed by atoms with Crippen LogP contribution in [0.3, 0.4) is 0 Å². The molecule has 43 heavy (non-hydrogen) atoms. The van der Waals surface area contributed by atoms with Crippen LogP contribution in [0.25, 0.3) is 11.1 Å². The van der Waals surface area contributed by atoms with Gasteiger partial charge in [0.25, 0.3) is 5.56 Å². The number of aliphatic hydroxyl groups excluding tert-OH is 1. The average molecular weight is 597 g/mol. The number of oxazole rings is 1. The summed E-state index contributed by atoms with van der Waals surface area (Å²) in [6, 6.07) is 5.87. The second-order valence-electron chi connectivity index (χ2n) is 11.5. The highest BCUT2D eigenvalue weighted by Crippen LogP contribution is 2.27. The van der Waals surface area contributed by atoms with Gasteiger partial charge in [0.1, 0.15) is 24.1 Å². The Kier molecular flexibility index (Phi) is 9.84. The fourth-order valence-corrected chi connectivity index (χ4v) is 5.38. The van der Waals surface area contributed by atoms with E-state index in [0.717, 1.165) is 9.13 Å². The van der Waals surface area contributed by atoms with Crippen LogP contribution < -0.4 is 21.9 Å². The van der Waals surface area contributed by atoms with E-state index in [2.05, 4.69) is 15.6 Å². The number of likely N-dealkylation sites (tertiary alicyclic amines) is 1. The van der Waals surface area contributed by atoms with Crippen molar-refractivity contribution in [3.05, 3.63) is 63.3 Å². The van der Waals surface area contributed by atoms with E-state index >= 15 is 0 Å². The molecular weight excluding hydrogens is 556 g/mol. The first kappa shape index (κ1) is 31.7.